The molecule has 1 aliphatic rings. The van der Waals surface area contributed by atoms with E-state index in [9.17, 15) is 19.2 Å². The smallest absolute Gasteiger partial charge is 0.409 e. The third-order valence-electron chi connectivity index (χ3n) is 5.30. The predicted octanol–water partition coefficient (Wildman–Crippen LogP) is 3.01. The Morgan fingerprint density at radius 3 is 2.44 bits per heavy atom. The van der Waals surface area contributed by atoms with Gasteiger partial charge >= 0.3 is 18.0 Å². The molecule has 3 atom stereocenters. The van der Waals surface area contributed by atoms with E-state index in [1.54, 1.807) is 13.8 Å². The van der Waals surface area contributed by atoms with Gasteiger partial charge in [-0.25, -0.2) is 9.59 Å². The van der Waals surface area contributed by atoms with Gasteiger partial charge in [0.1, 0.15) is 18.7 Å². The molecule has 0 aromatic heterocycles. The van der Waals surface area contributed by atoms with Crippen LogP contribution in [0.2, 0.25) is 0 Å². The van der Waals surface area contributed by atoms with Crippen molar-refractivity contribution in [3.05, 3.63) is 0 Å². The summed E-state index contributed by atoms with van der Waals surface area (Å²) in [4.78, 5) is 52.8. The van der Waals surface area contributed by atoms with E-state index in [1.165, 1.54) is 28.7 Å². The molecule has 1 saturated heterocycles. The van der Waals surface area contributed by atoms with E-state index in [2.05, 4.69) is 5.32 Å². The van der Waals surface area contributed by atoms with E-state index < -0.39 is 39.9 Å². The lowest BCUT2D eigenvalue weighted by molar-refractivity contribution is -0.152. The number of amides is 2. The van der Waals surface area contributed by atoms with Crippen LogP contribution in [0.15, 0.2) is 0 Å². The molecule has 36 heavy (non-hydrogen) atoms. The van der Waals surface area contributed by atoms with Crippen LogP contribution in [0.5, 0.6) is 0 Å². The van der Waals surface area contributed by atoms with E-state index >= 15 is 0 Å². The third-order valence-corrected chi connectivity index (χ3v) is 6.67. The minimum absolute atomic E-state index is 0.194. The van der Waals surface area contributed by atoms with Crippen LogP contribution >= 0.6 is 46.6 Å². The van der Waals surface area contributed by atoms with Crippen LogP contribution < -0.4 is 5.32 Å². The average molecular weight is 593 g/mol. The number of alkyl halides is 3. The SMILES string of the molecule is CCCN(CCSC[C@H](N[C@@H](C)C(=O)N1CCC[C@H]1C(=O)OC)C(=O)OCC)C(=O)OCC(Cl)(Cl)Cl. The van der Waals surface area contributed by atoms with E-state index in [4.69, 9.17) is 49.0 Å². The maximum atomic E-state index is 13.0. The molecule has 1 N–H and O–H groups in total. The summed E-state index contributed by atoms with van der Waals surface area (Å²) in [5.74, 6) is -0.412. The molecule has 0 aliphatic carbocycles. The summed E-state index contributed by atoms with van der Waals surface area (Å²) < 4.78 is 13.3. The molecule has 0 aromatic carbocycles. The summed E-state index contributed by atoms with van der Waals surface area (Å²) in [5.41, 5.74) is 0. The first kappa shape index (κ1) is 32.9. The molecule has 0 bridgehead atoms. The monoisotopic (exact) mass is 591 g/mol. The largest absolute Gasteiger partial charge is 0.467 e. The zero-order chi connectivity index (χ0) is 27.3. The van der Waals surface area contributed by atoms with Gasteiger partial charge in [-0.3, -0.25) is 14.9 Å². The van der Waals surface area contributed by atoms with Crippen molar-refractivity contribution < 1.29 is 33.4 Å². The van der Waals surface area contributed by atoms with Crippen LogP contribution in [-0.4, -0.2) is 107 Å². The van der Waals surface area contributed by atoms with Crippen molar-refractivity contribution in [1.82, 2.24) is 15.1 Å². The quantitative estimate of drug-likeness (QED) is 0.141. The fourth-order valence-electron chi connectivity index (χ4n) is 3.64. The molecule has 2 amide bonds. The predicted molar refractivity (Wildman–Crippen MR) is 141 cm³/mol. The molecule has 0 unspecified atom stereocenters. The second-order valence-electron chi connectivity index (χ2n) is 8.14. The van der Waals surface area contributed by atoms with Gasteiger partial charge in [0.15, 0.2) is 0 Å². The van der Waals surface area contributed by atoms with Gasteiger partial charge in [0.2, 0.25) is 9.70 Å². The first-order valence-electron chi connectivity index (χ1n) is 11.8. The highest BCUT2D eigenvalue weighted by Gasteiger charge is 2.37. The molecule has 0 radical (unpaired) electrons. The summed E-state index contributed by atoms with van der Waals surface area (Å²) in [6.45, 7) is 6.37. The van der Waals surface area contributed by atoms with Gasteiger partial charge in [-0.15, -0.1) is 0 Å². The number of nitrogens with zero attached hydrogens (tertiary/aromatic N) is 2. The number of ether oxygens (including phenoxy) is 3. The highest BCUT2D eigenvalue weighted by Crippen LogP contribution is 2.26. The number of carbonyl (C=O) groups excluding carboxylic acids is 4. The van der Waals surface area contributed by atoms with Gasteiger partial charge < -0.3 is 24.0 Å². The first-order chi connectivity index (χ1) is 16.9. The lowest BCUT2D eigenvalue weighted by Gasteiger charge is -2.28. The second kappa shape index (κ2) is 16.7. The highest BCUT2D eigenvalue weighted by molar-refractivity contribution is 7.99. The van der Waals surface area contributed by atoms with Crippen LogP contribution in [0, 0.1) is 0 Å². The van der Waals surface area contributed by atoms with Crippen LogP contribution in [0.4, 0.5) is 4.79 Å². The second-order valence-corrected chi connectivity index (χ2v) is 11.8. The number of carbonyl (C=O) groups is 4. The van der Waals surface area contributed by atoms with Crippen molar-refractivity contribution in [2.75, 3.05) is 51.5 Å². The Kier molecular flexibility index (Phi) is 15.2. The Labute approximate surface area is 231 Å². The number of hydrogen-bond donors (Lipinski definition) is 1. The number of esters is 2. The summed E-state index contributed by atoms with van der Waals surface area (Å²) in [7, 11) is 1.29. The van der Waals surface area contributed by atoms with Gasteiger partial charge in [-0.1, -0.05) is 41.7 Å². The first-order valence-corrected chi connectivity index (χ1v) is 14.1. The molecular weight excluding hydrogens is 557 g/mol. The number of methoxy groups -OCH3 is 1. The number of hydrogen-bond acceptors (Lipinski definition) is 9. The van der Waals surface area contributed by atoms with Gasteiger partial charge in [-0.05, 0) is 33.1 Å². The van der Waals surface area contributed by atoms with E-state index in [1.807, 2.05) is 6.92 Å². The molecule has 0 aromatic rings. The molecule has 0 saturated carbocycles. The molecule has 1 aliphatic heterocycles. The minimum Gasteiger partial charge on any atom is -0.467 e. The highest BCUT2D eigenvalue weighted by atomic mass is 35.6. The van der Waals surface area contributed by atoms with Crippen molar-refractivity contribution in [3.8, 4) is 0 Å². The standard InChI is InChI=1S/C22H36Cl3N3O7S/c1-5-9-27(21(32)35-14-22(23,24)25)11-12-36-13-16(19(30)34-6-2)26-15(3)18(29)28-10-7-8-17(28)20(31)33-4/h15-17,26H,5-14H2,1-4H3/t15-,16-,17-/m0/s1. The Hall–Kier alpha value is -1.14. The summed E-state index contributed by atoms with van der Waals surface area (Å²) in [6, 6.07) is -2.10. The topological polar surface area (TPSA) is 114 Å². The molecule has 0 spiro atoms. The maximum absolute atomic E-state index is 13.0. The normalized spacial score (nSPS) is 17.3. The van der Waals surface area contributed by atoms with Crippen LogP contribution in [-0.2, 0) is 28.6 Å². The van der Waals surface area contributed by atoms with Gasteiger partial charge in [-0.2, -0.15) is 11.8 Å². The fraction of sp³-hybridized carbons (Fsp3) is 0.818. The van der Waals surface area contributed by atoms with Crippen molar-refractivity contribution >= 4 is 70.5 Å². The molecule has 14 heteroatoms. The van der Waals surface area contributed by atoms with Gasteiger partial charge in [0.05, 0.1) is 19.8 Å². The van der Waals surface area contributed by atoms with Gasteiger partial charge in [0.25, 0.3) is 0 Å². The summed E-state index contributed by atoms with van der Waals surface area (Å²) >= 11 is 18.3. The van der Waals surface area contributed by atoms with E-state index in [0.29, 0.717) is 50.4 Å². The number of thioether (sulfide) groups is 1. The van der Waals surface area contributed by atoms with Crippen molar-refractivity contribution in [1.29, 1.82) is 0 Å². The molecular formula is C22H36Cl3N3O7S. The average Bonchev–Trinajstić information content (AvgIpc) is 3.32. The molecule has 10 nitrogen and oxygen atoms in total. The van der Waals surface area contributed by atoms with Crippen molar-refractivity contribution in [2.45, 2.75) is 62.0 Å². The Balaban J connectivity index is 2.68. The Morgan fingerprint density at radius 1 is 1.17 bits per heavy atom. The lowest BCUT2D eigenvalue weighted by Crippen LogP contribution is -2.54. The van der Waals surface area contributed by atoms with Crippen molar-refractivity contribution in [2.24, 2.45) is 0 Å². The van der Waals surface area contributed by atoms with Crippen LogP contribution in [0.1, 0.15) is 40.0 Å². The third kappa shape index (κ3) is 11.5. The number of rotatable bonds is 14. The Morgan fingerprint density at radius 2 is 1.86 bits per heavy atom. The van der Waals surface area contributed by atoms with E-state index in [-0.39, 0.29) is 19.1 Å². The molecule has 1 rings (SSSR count). The number of likely N-dealkylation sites (tertiary alicyclic amines) is 1. The minimum atomic E-state index is -1.69. The van der Waals surface area contributed by atoms with Crippen LogP contribution in [0.3, 0.4) is 0 Å². The number of halogens is 3. The number of nitrogens with one attached hydrogen (secondary N) is 1. The Bertz CT molecular complexity index is 742. The van der Waals surface area contributed by atoms with E-state index in [0.717, 1.165) is 0 Å². The van der Waals surface area contributed by atoms with Crippen LogP contribution in [0.25, 0.3) is 0 Å². The summed E-state index contributed by atoms with van der Waals surface area (Å²) in [6.07, 6.45) is 1.37. The van der Waals surface area contributed by atoms with Crippen molar-refractivity contribution in [3.63, 3.8) is 0 Å². The van der Waals surface area contributed by atoms with Gasteiger partial charge in [0, 0.05) is 31.1 Å². The molecule has 1 heterocycles. The lowest BCUT2D eigenvalue weighted by atomic mass is 10.2. The zero-order valence-electron chi connectivity index (χ0n) is 21.1. The molecule has 1 fully saturated rings. The fourth-order valence-corrected chi connectivity index (χ4v) is 4.78. The zero-order valence-corrected chi connectivity index (χ0v) is 24.2. The maximum Gasteiger partial charge on any atom is 0.409 e. The summed E-state index contributed by atoms with van der Waals surface area (Å²) in [5, 5.41) is 3.04. The molecule has 208 valence electrons.